The molecule has 12 heteroatoms. The summed E-state index contributed by atoms with van der Waals surface area (Å²) >= 11 is 12.8. The summed E-state index contributed by atoms with van der Waals surface area (Å²) in [6, 6.07) is 20.9. The van der Waals surface area contributed by atoms with Gasteiger partial charge in [0, 0.05) is 18.5 Å². The third-order valence-corrected chi connectivity index (χ3v) is 10.4. The number of hydrogen-bond acceptors (Lipinski definition) is 7. The predicted octanol–water partition coefficient (Wildman–Crippen LogP) is 4.67. The van der Waals surface area contributed by atoms with Gasteiger partial charge < -0.3 is 20.3 Å². The number of nitrogens with zero attached hydrogens (tertiary/aromatic N) is 6. The Balaban J connectivity index is 1.23. The fraction of sp³-hybridized carbons (Fsp3) is 0.364. The molecular weight excluding hydrogens is 613 g/mol. The van der Waals surface area contributed by atoms with E-state index in [1.807, 2.05) is 53.4 Å². The molecule has 45 heavy (non-hydrogen) atoms. The number of rotatable bonds is 9. The first-order valence-corrected chi connectivity index (χ1v) is 15.7. The molecule has 0 aliphatic carbocycles. The van der Waals surface area contributed by atoms with Gasteiger partial charge in [-0.1, -0.05) is 59.6 Å². The lowest BCUT2D eigenvalue weighted by molar-refractivity contribution is -0.125. The van der Waals surface area contributed by atoms with Gasteiger partial charge in [0.25, 0.3) is 5.91 Å². The van der Waals surface area contributed by atoms with Crippen LogP contribution in [0.4, 0.5) is 0 Å². The van der Waals surface area contributed by atoms with E-state index in [2.05, 4.69) is 20.4 Å². The van der Waals surface area contributed by atoms with Gasteiger partial charge in [0.2, 0.25) is 5.91 Å². The maximum absolute atomic E-state index is 14.0. The van der Waals surface area contributed by atoms with Gasteiger partial charge in [0.15, 0.2) is 0 Å². The van der Waals surface area contributed by atoms with Crippen molar-refractivity contribution in [1.82, 2.24) is 30.0 Å². The number of carbonyl (C=O) groups is 2. The van der Waals surface area contributed by atoms with E-state index in [4.69, 9.17) is 33.7 Å². The van der Waals surface area contributed by atoms with Crippen molar-refractivity contribution in [3.8, 4) is 11.4 Å². The van der Waals surface area contributed by atoms with Gasteiger partial charge >= 0.3 is 0 Å². The number of ether oxygens (including phenoxy) is 1. The molecule has 0 bridgehead atoms. The number of tetrazole rings is 1. The van der Waals surface area contributed by atoms with Gasteiger partial charge in [0.05, 0.1) is 33.8 Å². The Morgan fingerprint density at radius 1 is 0.933 bits per heavy atom. The third-order valence-electron chi connectivity index (χ3n) is 9.61. The Hall–Kier alpha value is -3.99. The van der Waals surface area contributed by atoms with E-state index in [0.717, 1.165) is 43.6 Å². The Bertz CT molecular complexity index is 1680. The summed E-state index contributed by atoms with van der Waals surface area (Å²) in [7, 11) is 1.55. The van der Waals surface area contributed by atoms with Crippen molar-refractivity contribution in [3.63, 3.8) is 0 Å². The average molecular weight is 649 g/mol. The molecule has 0 unspecified atom stereocenters. The van der Waals surface area contributed by atoms with Crippen LogP contribution in [-0.4, -0.2) is 81.7 Å². The lowest BCUT2D eigenvalue weighted by Gasteiger charge is -2.41. The largest absolute Gasteiger partial charge is 0.496 e. The Labute approximate surface area is 272 Å². The highest BCUT2D eigenvalue weighted by Crippen LogP contribution is 2.42. The SMILES string of the molecule is COc1ccc(-n2cnnn2)cc1C(=O)N1CC[C@](CCN2CCC(C(N)=O)(c3ccccc3)CC2)(c2ccc(Cl)c(Cl)c2)C1. The van der Waals surface area contributed by atoms with E-state index in [1.165, 1.54) is 11.0 Å². The second kappa shape index (κ2) is 12.8. The number of nitrogens with two attached hydrogens (primary N) is 1. The number of hydrogen-bond donors (Lipinski definition) is 1. The molecule has 2 fully saturated rings. The van der Waals surface area contributed by atoms with Crippen molar-refractivity contribution >= 4 is 35.0 Å². The highest BCUT2D eigenvalue weighted by Gasteiger charge is 2.44. The fourth-order valence-electron chi connectivity index (χ4n) is 6.88. The monoisotopic (exact) mass is 647 g/mol. The third kappa shape index (κ3) is 6.02. The van der Waals surface area contributed by atoms with Crippen molar-refractivity contribution in [3.05, 3.63) is 99.8 Å². The lowest BCUT2D eigenvalue weighted by Crippen LogP contribution is -2.50. The van der Waals surface area contributed by atoms with Crippen LogP contribution in [-0.2, 0) is 15.6 Å². The van der Waals surface area contributed by atoms with Crippen LogP contribution in [0.2, 0.25) is 10.0 Å². The molecular formula is C33H35Cl2N7O3. The number of methoxy groups -OCH3 is 1. The van der Waals surface area contributed by atoms with Crippen LogP contribution in [0.1, 0.15) is 47.2 Å². The number of aromatic nitrogens is 4. The lowest BCUT2D eigenvalue weighted by atomic mass is 9.71. The van der Waals surface area contributed by atoms with Crippen LogP contribution in [0.3, 0.4) is 0 Å². The molecule has 2 amide bonds. The van der Waals surface area contributed by atoms with Gasteiger partial charge in [0.1, 0.15) is 12.1 Å². The Kier molecular flexibility index (Phi) is 8.81. The molecule has 1 atom stereocenters. The van der Waals surface area contributed by atoms with Crippen LogP contribution in [0.5, 0.6) is 5.75 Å². The number of halogens is 2. The minimum absolute atomic E-state index is 0.129. The number of piperidine rings is 1. The molecule has 0 spiro atoms. The number of primary amides is 1. The van der Waals surface area contributed by atoms with Crippen LogP contribution < -0.4 is 10.5 Å². The highest BCUT2D eigenvalue weighted by atomic mass is 35.5. The summed E-state index contributed by atoms with van der Waals surface area (Å²) in [6.07, 6.45) is 4.36. The summed E-state index contributed by atoms with van der Waals surface area (Å²) in [5, 5.41) is 12.4. The Morgan fingerprint density at radius 2 is 1.71 bits per heavy atom. The molecule has 1 aromatic heterocycles. The van der Waals surface area contributed by atoms with E-state index in [-0.39, 0.29) is 17.2 Å². The fourth-order valence-corrected chi connectivity index (χ4v) is 7.17. The number of likely N-dealkylation sites (tertiary alicyclic amines) is 2. The molecule has 0 radical (unpaired) electrons. The smallest absolute Gasteiger partial charge is 0.257 e. The summed E-state index contributed by atoms with van der Waals surface area (Å²) < 4.78 is 7.08. The molecule has 2 aliphatic heterocycles. The summed E-state index contributed by atoms with van der Waals surface area (Å²) in [6.45, 7) is 3.36. The molecule has 3 heterocycles. The second-order valence-electron chi connectivity index (χ2n) is 11.9. The first-order chi connectivity index (χ1) is 21.7. The minimum Gasteiger partial charge on any atom is -0.496 e. The molecule has 0 saturated carbocycles. The van der Waals surface area contributed by atoms with Crippen molar-refractivity contribution in [2.45, 2.75) is 36.5 Å². The maximum Gasteiger partial charge on any atom is 0.257 e. The standard InChI is InChI=1S/C33H35Cl2N7O3/c1-45-29-10-8-25(42-22-37-38-39-42)20-26(29)30(43)41-18-12-32(21-41,24-7-9-27(34)28(35)19-24)11-15-40-16-13-33(14-17-40,31(36)44)23-5-3-2-4-6-23/h2-10,19-20,22H,11-18,21H2,1H3,(H2,36,44)/t32-/m0/s1. The van der Waals surface area contributed by atoms with E-state index < -0.39 is 5.41 Å². The number of amides is 2. The highest BCUT2D eigenvalue weighted by molar-refractivity contribution is 6.42. The molecule has 4 aromatic rings. The molecule has 234 valence electrons. The molecule has 2 aliphatic rings. The Morgan fingerprint density at radius 3 is 2.38 bits per heavy atom. The van der Waals surface area contributed by atoms with Crippen molar-refractivity contribution in [1.29, 1.82) is 0 Å². The predicted molar refractivity (Wildman–Crippen MR) is 172 cm³/mol. The zero-order chi connectivity index (χ0) is 31.6. The van der Waals surface area contributed by atoms with E-state index in [1.54, 1.807) is 25.3 Å². The second-order valence-corrected chi connectivity index (χ2v) is 12.7. The van der Waals surface area contributed by atoms with Gasteiger partial charge in [-0.3, -0.25) is 9.59 Å². The number of carbonyl (C=O) groups excluding carboxylic acids is 2. The molecule has 6 rings (SSSR count). The van der Waals surface area contributed by atoms with Crippen LogP contribution in [0, 0.1) is 0 Å². The van der Waals surface area contributed by atoms with Gasteiger partial charge in [-0.2, -0.15) is 0 Å². The topological polar surface area (TPSA) is 119 Å². The summed E-state index contributed by atoms with van der Waals surface area (Å²) in [5.74, 6) is 0.0782. The van der Waals surface area contributed by atoms with Gasteiger partial charge in [-0.25, -0.2) is 4.68 Å². The van der Waals surface area contributed by atoms with E-state index >= 15 is 0 Å². The van der Waals surface area contributed by atoms with E-state index in [9.17, 15) is 9.59 Å². The zero-order valence-corrected chi connectivity index (χ0v) is 26.5. The van der Waals surface area contributed by atoms with Gasteiger partial charge in [-0.15, -0.1) is 5.10 Å². The molecule has 2 saturated heterocycles. The molecule has 2 N–H and O–H groups in total. The molecule has 3 aromatic carbocycles. The van der Waals surface area contributed by atoms with Gasteiger partial charge in [-0.05, 0) is 97.2 Å². The van der Waals surface area contributed by atoms with E-state index in [0.29, 0.717) is 53.0 Å². The average Bonchev–Trinajstić information content (AvgIpc) is 3.77. The maximum atomic E-state index is 14.0. The van der Waals surface area contributed by atoms with Crippen molar-refractivity contribution < 1.29 is 14.3 Å². The molecule has 10 nitrogen and oxygen atoms in total. The van der Waals surface area contributed by atoms with Crippen LogP contribution >= 0.6 is 23.2 Å². The summed E-state index contributed by atoms with van der Waals surface area (Å²) in [4.78, 5) is 31.0. The first-order valence-electron chi connectivity index (χ1n) is 15.0. The van der Waals surface area contributed by atoms with Crippen LogP contribution in [0.15, 0.2) is 73.1 Å². The summed E-state index contributed by atoms with van der Waals surface area (Å²) in [5.41, 5.74) is 8.11. The first kappa shape index (κ1) is 31.0. The zero-order valence-electron chi connectivity index (χ0n) is 25.0. The van der Waals surface area contributed by atoms with Crippen LogP contribution in [0.25, 0.3) is 5.69 Å². The normalized spacial score (nSPS) is 19.8. The number of benzene rings is 3. The quantitative estimate of drug-likeness (QED) is 0.280. The minimum atomic E-state index is -0.661. The van der Waals surface area contributed by atoms with Crippen molar-refractivity contribution in [2.24, 2.45) is 5.73 Å². The van der Waals surface area contributed by atoms with Crippen molar-refractivity contribution in [2.75, 3.05) is 39.8 Å².